The lowest BCUT2D eigenvalue weighted by molar-refractivity contribution is 0.533. The van der Waals surface area contributed by atoms with Gasteiger partial charge in [-0.25, -0.2) is 4.39 Å². The van der Waals surface area contributed by atoms with Crippen molar-refractivity contribution in [3.05, 3.63) is 53.1 Å². The topological polar surface area (TPSA) is 29.9 Å². The van der Waals surface area contributed by atoms with Gasteiger partial charge in [0.1, 0.15) is 5.82 Å². The summed E-state index contributed by atoms with van der Waals surface area (Å²) in [5, 5.41) is 7.72. The van der Waals surface area contributed by atoms with Crippen LogP contribution in [0.5, 0.6) is 0 Å². The van der Waals surface area contributed by atoms with E-state index in [-0.39, 0.29) is 5.82 Å². The maximum absolute atomic E-state index is 13.1. The van der Waals surface area contributed by atoms with Crippen molar-refractivity contribution in [1.82, 2.24) is 15.1 Å². The minimum Gasteiger partial charge on any atom is -0.310 e. The molecular formula is C15H18FN3. The summed E-state index contributed by atoms with van der Waals surface area (Å²) in [5.41, 5.74) is 3.65. The molecule has 0 spiro atoms. The van der Waals surface area contributed by atoms with E-state index in [1.165, 1.54) is 11.1 Å². The molecule has 1 aromatic carbocycles. The van der Waals surface area contributed by atoms with E-state index in [0.29, 0.717) is 6.04 Å². The molecule has 0 amide bonds. The lowest BCUT2D eigenvalue weighted by Crippen LogP contribution is -2.21. The SMILES string of the molecule is Cn1cc(CCNC2CCc3cc(F)ccc32)cn1. The quantitative estimate of drug-likeness (QED) is 0.913. The van der Waals surface area contributed by atoms with Crippen LogP contribution in [0.3, 0.4) is 0 Å². The largest absolute Gasteiger partial charge is 0.310 e. The van der Waals surface area contributed by atoms with Crippen LogP contribution in [-0.4, -0.2) is 16.3 Å². The molecule has 3 rings (SSSR count). The molecule has 1 aliphatic rings. The highest BCUT2D eigenvalue weighted by Crippen LogP contribution is 2.31. The summed E-state index contributed by atoms with van der Waals surface area (Å²) < 4.78 is 15.0. The average Bonchev–Trinajstić information content (AvgIpc) is 2.96. The van der Waals surface area contributed by atoms with Crippen molar-refractivity contribution in [3.63, 3.8) is 0 Å². The Morgan fingerprint density at radius 3 is 3.16 bits per heavy atom. The molecule has 2 aromatic rings. The van der Waals surface area contributed by atoms with E-state index in [4.69, 9.17) is 0 Å². The Bertz CT molecular complexity index is 577. The van der Waals surface area contributed by atoms with Gasteiger partial charge >= 0.3 is 0 Å². The van der Waals surface area contributed by atoms with Gasteiger partial charge in [0, 0.05) is 19.3 Å². The van der Waals surface area contributed by atoms with E-state index in [0.717, 1.165) is 31.4 Å². The van der Waals surface area contributed by atoms with Crippen LogP contribution in [0.2, 0.25) is 0 Å². The number of rotatable bonds is 4. The predicted octanol–water partition coefficient (Wildman–Crippen LogP) is 2.38. The van der Waals surface area contributed by atoms with Gasteiger partial charge in [-0.3, -0.25) is 4.68 Å². The van der Waals surface area contributed by atoms with E-state index < -0.39 is 0 Å². The van der Waals surface area contributed by atoms with Gasteiger partial charge in [-0.05, 0) is 54.6 Å². The molecular weight excluding hydrogens is 241 g/mol. The van der Waals surface area contributed by atoms with E-state index in [2.05, 4.69) is 10.4 Å². The summed E-state index contributed by atoms with van der Waals surface area (Å²) >= 11 is 0. The van der Waals surface area contributed by atoms with Crippen molar-refractivity contribution in [1.29, 1.82) is 0 Å². The first-order valence-electron chi connectivity index (χ1n) is 6.71. The van der Waals surface area contributed by atoms with Gasteiger partial charge in [0.2, 0.25) is 0 Å². The maximum atomic E-state index is 13.1. The van der Waals surface area contributed by atoms with Crippen LogP contribution >= 0.6 is 0 Å². The standard InChI is InChI=1S/C15H18FN3/c1-19-10-11(9-18-19)6-7-17-15-5-2-12-8-13(16)3-4-14(12)15/h3-4,8-10,15,17H,2,5-7H2,1H3. The zero-order valence-electron chi connectivity index (χ0n) is 11.1. The molecule has 0 radical (unpaired) electrons. The number of nitrogens with one attached hydrogen (secondary N) is 1. The lowest BCUT2D eigenvalue weighted by atomic mass is 10.1. The second-order valence-electron chi connectivity index (χ2n) is 5.16. The van der Waals surface area contributed by atoms with Gasteiger partial charge in [-0.1, -0.05) is 6.07 Å². The third-order valence-electron chi connectivity index (χ3n) is 3.75. The summed E-state index contributed by atoms with van der Waals surface area (Å²) in [6.07, 6.45) is 6.95. The first-order chi connectivity index (χ1) is 9.22. The molecule has 0 bridgehead atoms. The Hall–Kier alpha value is -1.68. The zero-order chi connectivity index (χ0) is 13.2. The molecule has 1 aromatic heterocycles. The molecule has 0 fully saturated rings. The van der Waals surface area contributed by atoms with Crippen molar-refractivity contribution in [3.8, 4) is 0 Å². The number of hydrogen-bond donors (Lipinski definition) is 1. The number of aromatic nitrogens is 2. The highest BCUT2D eigenvalue weighted by Gasteiger charge is 2.21. The highest BCUT2D eigenvalue weighted by molar-refractivity contribution is 5.34. The zero-order valence-corrected chi connectivity index (χ0v) is 11.1. The molecule has 19 heavy (non-hydrogen) atoms. The van der Waals surface area contributed by atoms with Gasteiger partial charge in [-0.2, -0.15) is 5.10 Å². The molecule has 0 aliphatic heterocycles. The van der Waals surface area contributed by atoms with E-state index in [1.807, 2.05) is 30.2 Å². The monoisotopic (exact) mass is 259 g/mol. The van der Waals surface area contributed by atoms with Crippen LogP contribution in [0.15, 0.2) is 30.6 Å². The number of nitrogens with zero attached hydrogens (tertiary/aromatic N) is 2. The number of fused-ring (bicyclic) bond motifs is 1. The Morgan fingerprint density at radius 1 is 1.47 bits per heavy atom. The maximum Gasteiger partial charge on any atom is 0.123 e. The fraction of sp³-hybridized carbons (Fsp3) is 0.400. The van der Waals surface area contributed by atoms with Gasteiger partial charge in [0.15, 0.2) is 0 Å². The number of halogens is 1. The van der Waals surface area contributed by atoms with E-state index in [9.17, 15) is 4.39 Å². The van der Waals surface area contributed by atoms with Gasteiger partial charge < -0.3 is 5.32 Å². The minimum absolute atomic E-state index is 0.130. The summed E-state index contributed by atoms with van der Waals surface area (Å²) in [7, 11) is 1.93. The van der Waals surface area contributed by atoms with Gasteiger partial charge in [0.25, 0.3) is 0 Å². The number of hydrogen-bond acceptors (Lipinski definition) is 2. The Kier molecular flexibility index (Phi) is 3.34. The van der Waals surface area contributed by atoms with Crippen LogP contribution in [0, 0.1) is 5.82 Å². The Morgan fingerprint density at radius 2 is 2.37 bits per heavy atom. The third-order valence-corrected chi connectivity index (χ3v) is 3.75. The number of aryl methyl sites for hydroxylation is 2. The normalized spacial score (nSPS) is 17.7. The summed E-state index contributed by atoms with van der Waals surface area (Å²) in [5.74, 6) is -0.130. The molecule has 1 N–H and O–H groups in total. The summed E-state index contributed by atoms with van der Waals surface area (Å²) in [6.45, 7) is 0.924. The van der Waals surface area contributed by atoms with E-state index in [1.54, 1.807) is 12.1 Å². The van der Waals surface area contributed by atoms with Crippen molar-refractivity contribution >= 4 is 0 Å². The molecule has 0 saturated heterocycles. The molecule has 4 heteroatoms. The summed E-state index contributed by atoms with van der Waals surface area (Å²) in [4.78, 5) is 0. The molecule has 1 unspecified atom stereocenters. The second kappa shape index (κ2) is 5.13. The van der Waals surface area contributed by atoms with Gasteiger partial charge in [-0.15, -0.1) is 0 Å². The first kappa shape index (κ1) is 12.4. The highest BCUT2D eigenvalue weighted by atomic mass is 19.1. The fourth-order valence-electron chi connectivity index (χ4n) is 2.79. The second-order valence-corrected chi connectivity index (χ2v) is 5.16. The minimum atomic E-state index is -0.130. The van der Waals surface area contributed by atoms with Crippen LogP contribution in [0.25, 0.3) is 0 Å². The molecule has 3 nitrogen and oxygen atoms in total. The van der Waals surface area contributed by atoms with E-state index >= 15 is 0 Å². The predicted molar refractivity (Wildman–Crippen MR) is 72.4 cm³/mol. The first-order valence-corrected chi connectivity index (χ1v) is 6.71. The van der Waals surface area contributed by atoms with Gasteiger partial charge in [0.05, 0.1) is 6.20 Å². The van der Waals surface area contributed by atoms with Crippen molar-refractivity contribution in [2.24, 2.45) is 7.05 Å². The van der Waals surface area contributed by atoms with Crippen LogP contribution in [0.4, 0.5) is 4.39 Å². The van der Waals surface area contributed by atoms with Crippen molar-refractivity contribution < 1.29 is 4.39 Å². The smallest absolute Gasteiger partial charge is 0.123 e. The molecule has 1 atom stereocenters. The lowest BCUT2D eigenvalue weighted by Gasteiger charge is -2.13. The van der Waals surface area contributed by atoms with Crippen molar-refractivity contribution in [2.75, 3.05) is 6.54 Å². The molecule has 100 valence electrons. The van der Waals surface area contributed by atoms with Crippen LogP contribution in [-0.2, 0) is 19.9 Å². The molecule has 1 aliphatic carbocycles. The van der Waals surface area contributed by atoms with Crippen LogP contribution < -0.4 is 5.32 Å². The van der Waals surface area contributed by atoms with Crippen molar-refractivity contribution in [2.45, 2.75) is 25.3 Å². The number of benzene rings is 1. The fourth-order valence-corrected chi connectivity index (χ4v) is 2.79. The third kappa shape index (κ3) is 2.68. The Labute approximate surface area is 112 Å². The van der Waals surface area contributed by atoms with Crippen LogP contribution in [0.1, 0.15) is 29.2 Å². The summed E-state index contributed by atoms with van der Waals surface area (Å²) in [6, 6.07) is 5.50. The molecule has 1 heterocycles. The molecule has 0 saturated carbocycles. The average molecular weight is 259 g/mol. The Balaban J connectivity index is 1.58.